The zero-order chi connectivity index (χ0) is 14.0. The van der Waals surface area contributed by atoms with Crippen molar-refractivity contribution in [1.29, 1.82) is 5.26 Å². The average molecular weight is 258 g/mol. The molecule has 1 aliphatic rings. The summed E-state index contributed by atoms with van der Waals surface area (Å²) in [5, 5.41) is 18.3. The van der Waals surface area contributed by atoms with Gasteiger partial charge >= 0.3 is 5.97 Å². The van der Waals surface area contributed by atoms with Gasteiger partial charge in [-0.05, 0) is 42.5 Å². The Morgan fingerprint density at radius 3 is 2.58 bits per heavy atom. The molecular formula is C15H18N2O2. The lowest BCUT2D eigenvalue weighted by Gasteiger charge is -2.45. The van der Waals surface area contributed by atoms with Crippen LogP contribution in [0, 0.1) is 16.7 Å². The van der Waals surface area contributed by atoms with Crippen molar-refractivity contribution in [3.05, 3.63) is 29.8 Å². The lowest BCUT2D eigenvalue weighted by Crippen LogP contribution is -2.54. The molecule has 0 aliphatic carbocycles. The van der Waals surface area contributed by atoms with Crippen molar-refractivity contribution < 1.29 is 9.90 Å². The Hall–Kier alpha value is -2.02. The van der Waals surface area contributed by atoms with Crippen LogP contribution in [0.4, 0.5) is 5.69 Å². The Balaban J connectivity index is 2.35. The summed E-state index contributed by atoms with van der Waals surface area (Å²) in [4.78, 5) is 13.5. The molecule has 0 radical (unpaired) electrons. The Kier molecular flexibility index (Phi) is 3.48. The van der Waals surface area contributed by atoms with Crippen molar-refractivity contribution in [3.63, 3.8) is 0 Å². The molecule has 19 heavy (non-hydrogen) atoms. The number of anilines is 1. The van der Waals surface area contributed by atoms with Crippen LogP contribution in [0.1, 0.15) is 32.3 Å². The molecule has 0 bridgehead atoms. The van der Waals surface area contributed by atoms with E-state index in [1.807, 2.05) is 30.9 Å². The first-order chi connectivity index (χ1) is 8.95. The van der Waals surface area contributed by atoms with E-state index >= 15 is 0 Å². The Morgan fingerprint density at radius 1 is 1.42 bits per heavy atom. The summed E-state index contributed by atoms with van der Waals surface area (Å²) in [6.45, 7) is 4.75. The van der Waals surface area contributed by atoms with Crippen molar-refractivity contribution >= 4 is 11.7 Å². The SMILES string of the molecule is CC1(C)CCCN(c2ccc(C#N)cc2)C1C(=O)O. The standard InChI is InChI=1S/C15H18N2O2/c1-15(2)8-3-9-17(13(15)14(18)19)12-6-4-11(10-16)5-7-12/h4-7,13H,3,8-9H2,1-2H3,(H,18,19). The summed E-state index contributed by atoms with van der Waals surface area (Å²) >= 11 is 0. The predicted molar refractivity (Wildman–Crippen MR) is 72.9 cm³/mol. The third-order valence-electron chi connectivity index (χ3n) is 3.83. The first kappa shape index (κ1) is 13.4. The van der Waals surface area contributed by atoms with Crippen LogP contribution in [0.5, 0.6) is 0 Å². The van der Waals surface area contributed by atoms with Crippen molar-refractivity contribution in [3.8, 4) is 6.07 Å². The molecule has 1 aromatic carbocycles. The molecule has 1 N–H and O–H groups in total. The van der Waals surface area contributed by atoms with Crippen molar-refractivity contribution in [1.82, 2.24) is 0 Å². The molecule has 1 aliphatic heterocycles. The van der Waals surface area contributed by atoms with E-state index in [1.54, 1.807) is 12.1 Å². The second-order valence-electron chi connectivity index (χ2n) is 5.68. The highest BCUT2D eigenvalue weighted by molar-refractivity contribution is 5.79. The predicted octanol–water partition coefficient (Wildman–Crippen LogP) is 2.64. The third-order valence-corrected chi connectivity index (χ3v) is 3.83. The molecule has 0 saturated carbocycles. The van der Waals surface area contributed by atoms with Gasteiger partial charge in [-0.2, -0.15) is 5.26 Å². The van der Waals surface area contributed by atoms with Gasteiger partial charge in [-0.25, -0.2) is 4.79 Å². The number of rotatable bonds is 2. The molecule has 1 fully saturated rings. The fourth-order valence-electron chi connectivity index (χ4n) is 2.87. The second kappa shape index (κ2) is 4.93. The highest BCUT2D eigenvalue weighted by Crippen LogP contribution is 2.37. The third kappa shape index (κ3) is 2.55. The van der Waals surface area contributed by atoms with Crippen LogP contribution in [0.2, 0.25) is 0 Å². The zero-order valence-electron chi connectivity index (χ0n) is 11.3. The molecule has 1 aromatic rings. The maximum Gasteiger partial charge on any atom is 0.326 e. The number of carboxylic acid groups (broad SMARTS) is 1. The maximum atomic E-state index is 11.6. The molecule has 4 nitrogen and oxygen atoms in total. The largest absolute Gasteiger partial charge is 0.480 e. The van der Waals surface area contributed by atoms with Crippen LogP contribution in [-0.4, -0.2) is 23.7 Å². The smallest absolute Gasteiger partial charge is 0.326 e. The van der Waals surface area contributed by atoms with Crippen LogP contribution in [0.15, 0.2) is 24.3 Å². The monoisotopic (exact) mass is 258 g/mol. The molecule has 1 heterocycles. The van der Waals surface area contributed by atoms with Crippen molar-refractivity contribution in [2.24, 2.45) is 5.41 Å². The molecule has 100 valence electrons. The minimum absolute atomic E-state index is 0.252. The molecule has 0 amide bonds. The Labute approximate surface area is 113 Å². The highest BCUT2D eigenvalue weighted by Gasteiger charge is 2.42. The van der Waals surface area contributed by atoms with Crippen LogP contribution in [0.25, 0.3) is 0 Å². The number of hydrogen-bond donors (Lipinski definition) is 1. The van der Waals surface area contributed by atoms with Gasteiger partial charge in [0.05, 0.1) is 11.6 Å². The van der Waals surface area contributed by atoms with Gasteiger partial charge in [0.15, 0.2) is 0 Å². The van der Waals surface area contributed by atoms with E-state index in [0.717, 1.165) is 25.1 Å². The number of carbonyl (C=O) groups is 1. The van der Waals surface area contributed by atoms with Crippen LogP contribution in [-0.2, 0) is 4.79 Å². The number of hydrogen-bond acceptors (Lipinski definition) is 3. The highest BCUT2D eigenvalue weighted by atomic mass is 16.4. The molecule has 0 aromatic heterocycles. The van der Waals surface area contributed by atoms with Gasteiger partial charge in [0.2, 0.25) is 0 Å². The number of benzene rings is 1. The Morgan fingerprint density at radius 2 is 2.05 bits per heavy atom. The van der Waals surface area contributed by atoms with E-state index in [9.17, 15) is 9.90 Å². The van der Waals surface area contributed by atoms with Gasteiger partial charge in [0.25, 0.3) is 0 Å². The summed E-state index contributed by atoms with van der Waals surface area (Å²) in [5.74, 6) is -0.783. The van der Waals surface area contributed by atoms with E-state index in [1.165, 1.54) is 0 Å². The topological polar surface area (TPSA) is 64.3 Å². The minimum Gasteiger partial charge on any atom is -0.480 e. The van der Waals surface area contributed by atoms with E-state index < -0.39 is 12.0 Å². The normalized spacial score (nSPS) is 21.7. The summed E-state index contributed by atoms with van der Waals surface area (Å²) in [7, 11) is 0. The molecule has 1 atom stereocenters. The van der Waals surface area contributed by atoms with Gasteiger partial charge in [0.1, 0.15) is 6.04 Å². The van der Waals surface area contributed by atoms with Gasteiger partial charge < -0.3 is 10.0 Å². The number of nitriles is 1. The lowest BCUT2D eigenvalue weighted by atomic mass is 9.76. The first-order valence-electron chi connectivity index (χ1n) is 6.45. The fraction of sp³-hybridized carbons (Fsp3) is 0.467. The summed E-state index contributed by atoms with van der Waals surface area (Å²) in [6, 6.07) is 8.68. The summed E-state index contributed by atoms with van der Waals surface area (Å²) in [5.41, 5.74) is 1.21. The molecule has 2 rings (SSSR count). The number of carboxylic acids is 1. The van der Waals surface area contributed by atoms with E-state index in [4.69, 9.17) is 5.26 Å². The van der Waals surface area contributed by atoms with Crippen molar-refractivity contribution in [2.45, 2.75) is 32.7 Å². The second-order valence-corrected chi connectivity index (χ2v) is 5.68. The van der Waals surface area contributed by atoms with Gasteiger partial charge in [0, 0.05) is 12.2 Å². The van der Waals surface area contributed by atoms with Gasteiger partial charge in [-0.3, -0.25) is 0 Å². The first-order valence-corrected chi connectivity index (χ1v) is 6.45. The summed E-state index contributed by atoms with van der Waals surface area (Å²) in [6.07, 6.45) is 1.90. The quantitative estimate of drug-likeness (QED) is 0.885. The zero-order valence-corrected chi connectivity index (χ0v) is 11.3. The molecule has 1 saturated heterocycles. The van der Waals surface area contributed by atoms with Gasteiger partial charge in [-0.15, -0.1) is 0 Å². The maximum absolute atomic E-state index is 11.6. The molecule has 1 unspecified atom stereocenters. The molecule has 4 heteroatoms. The molecular weight excluding hydrogens is 240 g/mol. The number of nitrogens with zero attached hydrogens (tertiary/aromatic N) is 2. The number of aliphatic carboxylic acids is 1. The molecule has 0 spiro atoms. The fourth-order valence-corrected chi connectivity index (χ4v) is 2.87. The Bertz CT molecular complexity index is 514. The van der Waals surface area contributed by atoms with Crippen LogP contribution < -0.4 is 4.90 Å². The summed E-state index contributed by atoms with van der Waals surface area (Å²) < 4.78 is 0. The minimum atomic E-state index is -0.783. The lowest BCUT2D eigenvalue weighted by molar-refractivity contribution is -0.142. The van der Waals surface area contributed by atoms with E-state index in [2.05, 4.69) is 6.07 Å². The van der Waals surface area contributed by atoms with Crippen LogP contribution >= 0.6 is 0 Å². The van der Waals surface area contributed by atoms with E-state index in [-0.39, 0.29) is 5.41 Å². The van der Waals surface area contributed by atoms with Crippen molar-refractivity contribution in [2.75, 3.05) is 11.4 Å². The average Bonchev–Trinajstić information content (AvgIpc) is 2.37. The van der Waals surface area contributed by atoms with Crippen LogP contribution in [0.3, 0.4) is 0 Å². The number of piperidine rings is 1. The van der Waals surface area contributed by atoms with Gasteiger partial charge in [-0.1, -0.05) is 13.8 Å². The van der Waals surface area contributed by atoms with E-state index in [0.29, 0.717) is 5.56 Å².